The largest absolute Gasteiger partial charge is 0.436 e. The Morgan fingerprint density at radius 1 is 1.33 bits per heavy atom. The van der Waals surface area contributed by atoms with Crippen LogP contribution in [0.25, 0.3) is 0 Å². The summed E-state index contributed by atoms with van der Waals surface area (Å²) >= 11 is 0. The first-order chi connectivity index (χ1) is 8.58. The summed E-state index contributed by atoms with van der Waals surface area (Å²) in [5, 5.41) is 0.800. The number of ether oxygens (including phenoxy) is 2. The number of rotatable bonds is 8. The average Bonchev–Trinajstić information content (AvgIpc) is 2.75. The van der Waals surface area contributed by atoms with Gasteiger partial charge in [-0.3, -0.25) is 4.79 Å². The van der Waals surface area contributed by atoms with E-state index < -0.39 is 6.29 Å². The quantitative estimate of drug-likeness (QED) is 0.292. The van der Waals surface area contributed by atoms with Gasteiger partial charge in [-0.25, -0.2) is 0 Å². The lowest BCUT2D eigenvalue weighted by Crippen LogP contribution is -2.21. The SMILES string of the molecule is CC(C)OC(C)OC(=O)CCCCC1CCSS1. The van der Waals surface area contributed by atoms with Crippen molar-refractivity contribution >= 4 is 27.6 Å². The van der Waals surface area contributed by atoms with Crippen LogP contribution in [0.15, 0.2) is 0 Å². The molecule has 18 heavy (non-hydrogen) atoms. The van der Waals surface area contributed by atoms with Crippen molar-refractivity contribution in [3.05, 3.63) is 0 Å². The first kappa shape index (κ1) is 16.2. The number of unbranched alkanes of at least 4 members (excludes halogenated alkanes) is 1. The Labute approximate surface area is 118 Å². The first-order valence-electron chi connectivity index (χ1n) is 6.71. The van der Waals surface area contributed by atoms with Crippen molar-refractivity contribution in [1.82, 2.24) is 0 Å². The van der Waals surface area contributed by atoms with Crippen molar-refractivity contribution in [2.75, 3.05) is 5.75 Å². The number of hydrogen-bond donors (Lipinski definition) is 0. The molecule has 0 aromatic heterocycles. The summed E-state index contributed by atoms with van der Waals surface area (Å²) < 4.78 is 10.5. The zero-order valence-electron chi connectivity index (χ0n) is 11.5. The third kappa shape index (κ3) is 7.54. The molecule has 2 unspecified atom stereocenters. The molecule has 2 atom stereocenters. The molecule has 0 N–H and O–H groups in total. The molecule has 1 rings (SSSR count). The van der Waals surface area contributed by atoms with E-state index in [1.807, 2.05) is 35.4 Å². The molecule has 0 bridgehead atoms. The fourth-order valence-electron chi connectivity index (χ4n) is 1.86. The highest BCUT2D eigenvalue weighted by molar-refractivity contribution is 8.77. The fraction of sp³-hybridized carbons (Fsp3) is 0.923. The second-order valence-corrected chi connectivity index (χ2v) is 7.60. The molecule has 5 heteroatoms. The second kappa shape index (κ2) is 9.10. The molecule has 0 radical (unpaired) electrons. The summed E-state index contributed by atoms with van der Waals surface area (Å²) in [5.74, 6) is 1.14. The third-order valence-electron chi connectivity index (χ3n) is 2.65. The Morgan fingerprint density at radius 3 is 2.72 bits per heavy atom. The zero-order chi connectivity index (χ0) is 13.4. The van der Waals surface area contributed by atoms with E-state index in [0.29, 0.717) is 6.42 Å². The topological polar surface area (TPSA) is 35.5 Å². The van der Waals surface area contributed by atoms with Crippen molar-refractivity contribution < 1.29 is 14.3 Å². The van der Waals surface area contributed by atoms with Crippen molar-refractivity contribution in [2.24, 2.45) is 0 Å². The maximum atomic E-state index is 11.5. The van der Waals surface area contributed by atoms with Crippen molar-refractivity contribution in [1.29, 1.82) is 0 Å². The second-order valence-electron chi connectivity index (χ2n) is 4.82. The summed E-state index contributed by atoms with van der Waals surface area (Å²) in [7, 11) is 3.97. The highest BCUT2D eigenvalue weighted by atomic mass is 33.1. The molecule has 0 aromatic carbocycles. The van der Waals surface area contributed by atoms with Crippen molar-refractivity contribution in [2.45, 2.75) is 70.5 Å². The normalized spacial score (nSPS) is 21.2. The highest BCUT2D eigenvalue weighted by Crippen LogP contribution is 2.39. The lowest BCUT2D eigenvalue weighted by atomic mass is 10.1. The molecule has 0 aromatic rings. The average molecular weight is 292 g/mol. The van der Waals surface area contributed by atoms with Gasteiger partial charge >= 0.3 is 5.97 Å². The highest BCUT2D eigenvalue weighted by Gasteiger charge is 2.16. The maximum Gasteiger partial charge on any atom is 0.308 e. The Bertz CT molecular complexity index is 240. The van der Waals surface area contributed by atoms with E-state index in [1.165, 1.54) is 18.6 Å². The van der Waals surface area contributed by atoms with Gasteiger partial charge in [0.15, 0.2) is 6.29 Å². The van der Waals surface area contributed by atoms with Gasteiger partial charge in [0.1, 0.15) is 0 Å². The van der Waals surface area contributed by atoms with Gasteiger partial charge in [-0.1, -0.05) is 28.0 Å². The molecule has 1 aliphatic rings. The van der Waals surface area contributed by atoms with E-state index in [4.69, 9.17) is 9.47 Å². The van der Waals surface area contributed by atoms with Crippen LogP contribution in [0, 0.1) is 0 Å². The van der Waals surface area contributed by atoms with Gasteiger partial charge in [-0.2, -0.15) is 0 Å². The van der Waals surface area contributed by atoms with Crippen molar-refractivity contribution in [3.63, 3.8) is 0 Å². The van der Waals surface area contributed by atoms with E-state index in [0.717, 1.165) is 18.1 Å². The van der Waals surface area contributed by atoms with Gasteiger partial charge in [0, 0.05) is 17.4 Å². The predicted molar refractivity (Wildman–Crippen MR) is 78.7 cm³/mol. The molecule has 1 fully saturated rings. The standard InChI is InChI=1S/C13H24O3S2/c1-10(2)15-11(3)16-13(14)7-5-4-6-12-8-9-17-18-12/h10-12H,4-9H2,1-3H3. The van der Waals surface area contributed by atoms with Gasteiger partial charge in [-0.05, 0) is 40.0 Å². The van der Waals surface area contributed by atoms with E-state index in [9.17, 15) is 4.79 Å². The minimum atomic E-state index is -0.431. The summed E-state index contributed by atoms with van der Waals surface area (Å²) in [6.45, 7) is 5.63. The number of hydrogen-bond acceptors (Lipinski definition) is 5. The monoisotopic (exact) mass is 292 g/mol. The molecule has 0 saturated carbocycles. The molecule has 0 aliphatic carbocycles. The van der Waals surface area contributed by atoms with Crippen LogP contribution in [-0.2, 0) is 14.3 Å². The lowest BCUT2D eigenvalue weighted by molar-refractivity contribution is -0.181. The van der Waals surface area contributed by atoms with Crippen molar-refractivity contribution in [3.8, 4) is 0 Å². The lowest BCUT2D eigenvalue weighted by Gasteiger charge is -2.16. The van der Waals surface area contributed by atoms with Crippen LogP contribution >= 0.6 is 21.6 Å². The van der Waals surface area contributed by atoms with Gasteiger partial charge in [0.05, 0.1) is 6.10 Å². The number of carbonyl (C=O) groups is 1. The predicted octanol–water partition coefficient (Wildman–Crippen LogP) is 4.01. The van der Waals surface area contributed by atoms with Gasteiger partial charge in [0.25, 0.3) is 0 Å². The van der Waals surface area contributed by atoms with E-state index >= 15 is 0 Å². The van der Waals surface area contributed by atoms with E-state index in [-0.39, 0.29) is 12.1 Å². The summed E-state index contributed by atoms with van der Waals surface area (Å²) in [6.07, 6.45) is 4.75. The number of carbonyl (C=O) groups excluding carboxylic acids is 1. The molecule has 106 valence electrons. The summed E-state index contributed by atoms with van der Waals surface area (Å²) in [4.78, 5) is 11.5. The van der Waals surface area contributed by atoms with Gasteiger partial charge in [-0.15, -0.1) is 0 Å². The van der Waals surface area contributed by atoms with Crippen LogP contribution in [0.5, 0.6) is 0 Å². The maximum absolute atomic E-state index is 11.5. The minimum absolute atomic E-state index is 0.0877. The first-order valence-corrected chi connectivity index (χ1v) is 9.09. The van der Waals surface area contributed by atoms with E-state index in [1.54, 1.807) is 6.92 Å². The molecule has 1 saturated heterocycles. The summed E-state index contributed by atoms with van der Waals surface area (Å²) in [5.41, 5.74) is 0. The van der Waals surface area contributed by atoms with Crippen LogP contribution in [0.3, 0.4) is 0 Å². The van der Waals surface area contributed by atoms with Crippen LogP contribution < -0.4 is 0 Å². The Morgan fingerprint density at radius 2 is 2.11 bits per heavy atom. The smallest absolute Gasteiger partial charge is 0.308 e. The van der Waals surface area contributed by atoms with Crippen LogP contribution in [0.4, 0.5) is 0 Å². The minimum Gasteiger partial charge on any atom is -0.436 e. The van der Waals surface area contributed by atoms with Crippen LogP contribution in [-0.4, -0.2) is 29.4 Å². The fourth-order valence-corrected chi connectivity index (χ4v) is 4.89. The molecular formula is C13H24O3S2. The van der Waals surface area contributed by atoms with E-state index in [2.05, 4.69) is 0 Å². The molecule has 0 amide bonds. The molecular weight excluding hydrogens is 268 g/mol. The molecule has 1 aliphatic heterocycles. The van der Waals surface area contributed by atoms with Crippen LogP contribution in [0.1, 0.15) is 52.9 Å². The number of esters is 1. The molecule has 1 heterocycles. The summed E-state index contributed by atoms with van der Waals surface area (Å²) in [6, 6.07) is 0. The molecule has 3 nitrogen and oxygen atoms in total. The Balaban J connectivity index is 1.98. The van der Waals surface area contributed by atoms with Crippen LogP contribution in [0.2, 0.25) is 0 Å². The third-order valence-corrected chi connectivity index (χ3v) is 5.65. The van der Waals surface area contributed by atoms with Gasteiger partial charge in [0.2, 0.25) is 0 Å². The Hall–Kier alpha value is 0.130. The molecule has 0 spiro atoms. The Kier molecular flexibility index (Phi) is 8.18. The van der Waals surface area contributed by atoms with Gasteiger partial charge < -0.3 is 9.47 Å². The zero-order valence-corrected chi connectivity index (χ0v) is 13.1.